The van der Waals surface area contributed by atoms with E-state index < -0.39 is 42.0 Å². The Balaban J connectivity index is 2.07. The number of aromatic hydroxyl groups is 1. The first-order valence-electron chi connectivity index (χ1n) is 11.3. The van der Waals surface area contributed by atoms with Crippen LogP contribution in [0.5, 0.6) is 5.75 Å². The van der Waals surface area contributed by atoms with Crippen LogP contribution in [-0.4, -0.2) is 75.8 Å². The lowest BCUT2D eigenvalue weighted by Gasteiger charge is -2.28. The molecule has 0 spiro atoms. The number of hydrogen-bond donors (Lipinski definition) is 7. The van der Waals surface area contributed by atoms with Crippen LogP contribution in [0.1, 0.15) is 39.2 Å². The van der Waals surface area contributed by atoms with Gasteiger partial charge in [0.15, 0.2) is 0 Å². The molecule has 188 valence electrons. The van der Waals surface area contributed by atoms with Crippen LogP contribution >= 0.6 is 0 Å². The third-order valence-electron chi connectivity index (χ3n) is 5.68. The van der Waals surface area contributed by atoms with Crippen LogP contribution in [0.25, 0.3) is 0 Å². The molecule has 3 amide bonds. The first-order valence-corrected chi connectivity index (χ1v) is 11.3. The molecule has 0 bridgehead atoms. The highest BCUT2D eigenvalue weighted by Crippen LogP contribution is 2.12. The number of carboxylic acids is 1. The van der Waals surface area contributed by atoms with Gasteiger partial charge >= 0.3 is 5.97 Å². The predicted molar refractivity (Wildman–Crippen MR) is 123 cm³/mol. The van der Waals surface area contributed by atoms with Crippen molar-refractivity contribution in [3.05, 3.63) is 29.8 Å². The molecule has 1 aliphatic heterocycles. The van der Waals surface area contributed by atoms with Crippen LogP contribution in [-0.2, 0) is 25.6 Å². The number of benzene rings is 1. The largest absolute Gasteiger partial charge is 0.508 e. The van der Waals surface area contributed by atoms with E-state index in [9.17, 15) is 34.5 Å². The van der Waals surface area contributed by atoms with Crippen molar-refractivity contribution in [2.45, 2.75) is 70.3 Å². The van der Waals surface area contributed by atoms with Gasteiger partial charge < -0.3 is 36.6 Å². The summed E-state index contributed by atoms with van der Waals surface area (Å²) in [5, 5.41) is 39.6. The fraction of sp³-hybridized carbons (Fsp3) is 0.565. The SMILES string of the molecule is CC(C)C(NC(=O)C1CCCN1)C(=O)NC(C(=O)NC(Cc1ccc(O)cc1)C(=O)O)C(C)O. The number of carbonyl (C=O) groups is 4. The van der Waals surface area contributed by atoms with Crippen LogP contribution in [0.2, 0.25) is 0 Å². The van der Waals surface area contributed by atoms with Gasteiger partial charge in [0.1, 0.15) is 23.9 Å². The summed E-state index contributed by atoms with van der Waals surface area (Å²) < 4.78 is 0. The zero-order chi connectivity index (χ0) is 25.4. The summed E-state index contributed by atoms with van der Waals surface area (Å²) in [5.41, 5.74) is 0.561. The fourth-order valence-electron chi connectivity index (χ4n) is 3.67. The van der Waals surface area contributed by atoms with Crippen molar-refractivity contribution in [1.82, 2.24) is 21.3 Å². The van der Waals surface area contributed by atoms with Gasteiger partial charge in [-0.25, -0.2) is 4.79 Å². The summed E-state index contributed by atoms with van der Waals surface area (Å²) in [6.45, 7) is 5.49. The van der Waals surface area contributed by atoms with Gasteiger partial charge in [-0.15, -0.1) is 0 Å². The second kappa shape index (κ2) is 12.3. The first kappa shape index (κ1) is 27.1. The maximum atomic E-state index is 12.9. The lowest BCUT2D eigenvalue weighted by atomic mass is 10.0. The quantitative estimate of drug-likeness (QED) is 0.217. The number of aliphatic hydroxyl groups is 1. The Kier molecular flexibility index (Phi) is 9.82. The number of rotatable bonds is 11. The summed E-state index contributed by atoms with van der Waals surface area (Å²) in [6, 6.07) is 1.76. The van der Waals surface area contributed by atoms with E-state index in [0.717, 1.165) is 13.0 Å². The summed E-state index contributed by atoms with van der Waals surface area (Å²) in [5.74, 6) is -3.43. The van der Waals surface area contributed by atoms with E-state index >= 15 is 0 Å². The highest BCUT2D eigenvalue weighted by Gasteiger charge is 2.34. The topological polar surface area (TPSA) is 177 Å². The van der Waals surface area contributed by atoms with E-state index in [1.54, 1.807) is 13.8 Å². The van der Waals surface area contributed by atoms with E-state index in [4.69, 9.17) is 0 Å². The van der Waals surface area contributed by atoms with Gasteiger partial charge in [0.05, 0.1) is 12.1 Å². The van der Waals surface area contributed by atoms with Crippen molar-refractivity contribution in [2.75, 3.05) is 6.54 Å². The number of phenols is 1. The summed E-state index contributed by atoms with van der Waals surface area (Å²) in [7, 11) is 0. The molecule has 1 aromatic rings. The van der Waals surface area contributed by atoms with E-state index in [2.05, 4.69) is 21.3 Å². The maximum absolute atomic E-state index is 12.9. The maximum Gasteiger partial charge on any atom is 0.326 e. The molecule has 11 heteroatoms. The fourth-order valence-corrected chi connectivity index (χ4v) is 3.67. The van der Waals surface area contributed by atoms with Crippen LogP contribution in [0.15, 0.2) is 24.3 Å². The number of carbonyl (C=O) groups excluding carboxylic acids is 3. The highest BCUT2D eigenvalue weighted by atomic mass is 16.4. The van der Waals surface area contributed by atoms with Crippen molar-refractivity contribution in [1.29, 1.82) is 0 Å². The monoisotopic (exact) mass is 478 g/mol. The minimum absolute atomic E-state index is 0.0204. The predicted octanol–water partition coefficient (Wildman–Crippen LogP) is -0.737. The van der Waals surface area contributed by atoms with Crippen molar-refractivity contribution in [2.24, 2.45) is 5.92 Å². The van der Waals surface area contributed by atoms with Gasteiger partial charge in [-0.2, -0.15) is 0 Å². The summed E-state index contributed by atoms with van der Waals surface area (Å²) in [6.07, 6.45) is 0.123. The zero-order valence-corrected chi connectivity index (χ0v) is 19.6. The molecule has 1 aromatic carbocycles. The molecule has 5 atom stereocenters. The molecule has 1 aliphatic rings. The van der Waals surface area contributed by atoms with Crippen molar-refractivity contribution >= 4 is 23.7 Å². The lowest BCUT2D eigenvalue weighted by molar-refractivity contribution is -0.143. The summed E-state index contributed by atoms with van der Waals surface area (Å²) in [4.78, 5) is 49.9. The lowest BCUT2D eigenvalue weighted by Crippen LogP contribution is -2.60. The Bertz CT molecular complexity index is 867. The third-order valence-corrected chi connectivity index (χ3v) is 5.68. The van der Waals surface area contributed by atoms with Gasteiger partial charge in [-0.1, -0.05) is 26.0 Å². The van der Waals surface area contributed by atoms with Gasteiger partial charge in [0, 0.05) is 6.42 Å². The van der Waals surface area contributed by atoms with E-state index in [0.29, 0.717) is 12.0 Å². The number of carboxylic acid groups (broad SMARTS) is 1. The highest BCUT2D eigenvalue weighted by molar-refractivity contribution is 5.94. The van der Waals surface area contributed by atoms with Gasteiger partial charge in [-0.3, -0.25) is 14.4 Å². The number of phenolic OH excluding ortho intramolecular Hbond substituents is 1. The Morgan fingerprint density at radius 1 is 1.00 bits per heavy atom. The molecule has 1 heterocycles. The Labute approximate surface area is 198 Å². The average molecular weight is 479 g/mol. The van der Waals surface area contributed by atoms with Gasteiger partial charge in [0.2, 0.25) is 17.7 Å². The van der Waals surface area contributed by atoms with Crippen LogP contribution < -0.4 is 21.3 Å². The second-order valence-electron chi connectivity index (χ2n) is 8.88. The molecular weight excluding hydrogens is 444 g/mol. The molecule has 11 nitrogen and oxygen atoms in total. The van der Waals surface area contributed by atoms with Crippen molar-refractivity contribution < 1.29 is 34.5 Å². The summed E-state index contributed by atoms with van der Waals surface area (Å²) >= 11 is 0. The van der Waals surface area contributed by atoms with E-state index in [-0.39, 0.29) is 30.0 Å². The molecule has 2 rings (SSSR count). The van der Waals surface area contributed by atoms with Crippen molar-refractivity contribution in [3.8, 4) is 5.75 Å². The Hall–Kier alpha value is -3.18. The smallest absolute Gasteiger partial charge is 0.326 e. The minimum Gasteiger partial charge on any atom is -0.508 e. The number of hydrogen-bond acceptors (Lipinski definition) is 7. The number of aliphatic hydroxyl groups excluding tert-OH is 1. The number of aliphatic carboxylic acids is 1. The molecule has 0 aromatic heterocycles. The molecule has 5 unspecified atom stereocenters. The Morgan fingerprint density at radius 2 is 1.62 bits per heavy atom. The average Bonchev–Trinajstić information content (AvgIpc) is 3.31. The van der Waals surface area contributed by atoms with Crippen LogP contribution in [0.3, 0.4) is 0 Å². The molecule has 1 fully saturated rings. The van der Waals surface area contributed by atoms with E-state index in [1.165, 1.54) is 31.2 Å². The van der Waals surface area contributed by atoms with Crippen LogP contribution in [0, 0.1) is 5.92 Å². The van der Waals surface area contributed by atoms with Gasteiger partial charge in [0.25, 0.3) is 0 Å². The molecule has 0 aliphatic carbocycles. The van der Waals surface area contributed by atoms with Crippen molar-refractivity contribution in [3.63, 3.8) is 0 Å². The molecule has 0 radical (unpaired) electrons. The standard InChI is InChI=1S/C23H34N4O7/c1-12(2)18(26-20(30)16-5-4-10-24-16)21(31)27-19(13(3)28)22(32)25-17(23(33)34)11-14-6-8-15(29)9-7-14/h6-9,12-13,16-19,24,28-29H,4-5,10-11H2,1-3H3,(H,25,32)(H,26,30)(H,27,31)(H,33,34). The zero-order valence-electron chi connectivity index (χ0n) is 19.6. The minimum atomic E-state index is -1.43. The Morgan fingerprint density at radius 3 is 2.12 bits per heavy atom. The molecule has 34 heavy (non-hydrogen) atoms. The number of nitrogens with one attached hydrogen (secondary N) is 4. The first-order chi connectivity index (χ1) is 16.0. The molecule has 1 saturated heterocycles. The second-order valence-corrected chi connectivity index (χ2v) is 8.88. The van der Waals surface area contributed by atoms with E-state index in [1.807, 2.05) is 0 Å². The molecule has 7 N–H and O–H groups in total. The van der Waals surface area contributed by atoms with Gasteiger partial charge in [-0.05, 0) is 49.9 Å². The van der Waals surface area contributed by atoms with Crippen LogP contribution in [0.4, 0.5) is 0 Å². The molecular formula is C23H34N4O7. The third kappa shape index (κ3) is 7.70. The normalized spacial score (nSPS) is 19.0. The number of amides is 3. The molecule has 0 saturated carbocycles.